The van der Waals surface area contributed by atoms with Crippen molar-refractivity contribution in [2.45, 2.75) is 30.6 Å². The second kappa shape index (κ2) is 10.6. The van der Waals surface area contributed by atoms with E-state index >= 15 is 0 Å². The van der Waals surface area contributed by atoms with Crippen molar-refractivity contribution in [1.29, 1.82) is 0 Å². The molecular formula is C29H25F6N3O2. The Balaban J connectivity index is 1.19. The molecule has 0 spiro atoms. The summed E-state index contributed by atoms with van der Waals surface area (Å²) in [4.78, 5) is 29.8. The van der Waals surface area contributed by atoms with Crippen LogP contribution in [0.15, 0.2) is 66.7 Å². The molecule has 5 rings (SSSR count). The molecule has 2 aliphatic heterocycles. The molecule has 0 bridgehead atoms. The largest absolute Gasteiger partial charge is 0.419 e. The molecule has 0 unspecified atom stereocenters. The van der Waals surface area contributed by atoms with Crippen LogP contribution in [0, 0.1) is 17.5 Å². The first-order valence-electron chi connectivity index (χ1n) is 12.6. The minimum absolute atomic E-state index is 0.205. The fourth-order valence-electron chi connectivity index (χ4n) is 5.49. The van der Waals surface area contributed by atoms with Crippen molar-refractivity contribution < 1.29 is 35.9 Å². The molecule has 40 heavy (non-hydrogen) atoms. The van der Waals surface area contributed by atoms with Gasteiger partial charge in [-0.3, -0.25) is 14.5 Å². The van der Waals surface area contributed by atoms with E-state index in [0.717, 1.165) is 6.07 Å². The molecule has 0 aromatic heterocycles. The van der Waals surface area contributed by atoms with Crippen LogP contribution in [0.25, 0.3) is 0 Å². The van der Waals surface area contributed by atoms with Gasteiger partial charge in [0.15, 0.2) is 0 Å². The van der Waals surface area contributed by atoms with Crippen LogP contribution in [0.5, 0.6) is 0 Å². The Morgan fingerprint density at radius 1 is 0.900 bits per heavy atom. The third kappa shape index (κ3) is 5.42. The summed E-state index contributed by atoms with van der Waals surface area (Å²) in [5, 5.41) is 2.85. The van der Waals surface area contributed by atoms with Crippen molar-refractivity contribution in [3.63, 3.8) is 0 Å². The van der Waals surface area contributed by atoms with E-state index in [1.54, 1.807) is 0 Å². The van der Waals surface area contributed by atoms with Crippen molar-refractivity contribution in [1.82, 2.24) is 15.1 Å². The van der Waals surface area contributed by atoms with Crippen LogP contribution >= 0.6 is 0 Å². The number of benzene rings is 3. The molecule has 3 aromatic rings. The van der Waals surface area contributed by atoms with Crippen LogP contribution in [-0.4, -0.2) is 53.8 Å². The highest BCUT2D eigenvalue weighted by Crippen LogP contribution is 2.42. The van der Waals surface area contributed by atoms with E-state index in [-0.39, 0.29) is 37.5 Å². The molecule has 5 nitrogen and oxygen atoms in total. The maximum absolute atomic E-state index is 13.8. The van der Waals surface area contributed by atoms with Crippen molar-refractivity contribution in [2.75, 3.05) is 26.2 Å². The molecule has 0 saturated carbocycles. The van der Waals surface area contributed by atoms with Crippen molar-refractivity contribution in [2.24, 2.45) is 0 Å². The predicted octanol–water partition coefficient (Wildman–Crippen LogP) is 4.64. The van der Waals surface area contributed by atoms with Gasteiger partial charge in [-0.05, 0) is 59.5 Å². The molecule has 0 aliphatic carbocycles. The zero-order chi connectivity index (χ0) is 28.7. The van der Waals surface area contributed by atoms with Crippen LogP contribution in [0.2, 0.25) is 0 Å². The van der Waals surface area contributed by atoms with Crippen LogP contribution in [0.3, 0.4) is 0 Å². The first-order chi connectivity index (χ1) is 19.0. The van der Waals surface area contributed by atoms with Gasteiger partial charge in [0.05, 0.1) is 18.2 Å². The molecule has 0 atom stereocenters. The Morgan fingerprint density at radius 3 is 2.00 bits per heavy atom. The molecule has 3 aromatic carbocycles. The molecule has 2 saturated heterocycles. The third-order valence-electron chi connectivity index (χ3n) is 7.48. The monoisotopic (exact) mass is 561 g/mol. The topological polar surface area (TPSA) is 52.7 Å². The first kappa shape index (κ1) is 27.7. The highest BCUT2D eigenvalue weighted by molar-refractivity contribution is 5.96. The zero-order valence-corrected chi connectivity index (χ0v) is 21.1. The Kier molecular flexibility index (Phi) is 7.34. The van der Waals surface area contributed by atoms with Gasteiger partial charge < -0.3 is 10.2 Å². The van der Waals surface area contributed by atoms with E-state index in [2.05, 4.69) is 5.32 Å². The van der Waals surface area contributed by atoms with Gasteiger partial charge in [0.25, 0.3) is 0 Å². The number of alkyl halides is 3. The number of carbonyl (C=O) groups is 2. The van der Waals surface area contributed by atoms with Gasteiger partial charge in [-0.25, -0.2) is 13.2 Å². The number of hydrogen-bond acceptors (Lipinski definition) is 3. The molecule has 0 radical (unpaired) electrons. The fraction of sp³-hybridized carbons (Fsp3) is 0.310. The first-order valence-corrected chi connectivity index (χ1v) is 12.6. The Labute approximate surface area is 226 Å². The Hall–Kier alpha value is -3.86. The van der Waals surface area contributed by atoms with Gasteiger partial charge in [-0.15, -0.1) is 0 Å². The van der Waals surface area contributed by atoms with E-state index < -0.39 is 34.6 Å². The molecule has 2 heterocycles. The minimum Gasteiger partial charge on any atom is -0.349 e. The Bertz CT molecular complexity index is 1360. The molecule has 2 amide bonds. The molecular weight excluding hydrogens is 536 g/mol. The fourth-order valence-corrected chi connectivity index (χ4v) is 5.49. The van der Waals surface area contributed by atoms with Gasteiger partial charge >= 0.3 is 6.18 Å². The lowest BCUT2D eigenvalue weighted by Gasteiger charge is -2.40. The van der Waals surface area contributed by atoms with E-state index in [4.69, 9.17) is 0 Å². The predicted molar refractivity (Wildman–Crippen MR) is 133 cm³/mol. The van der Waals surface area contributed by atoms with Gasteiger partial charge in [0.1, 0.15) is 22.9 Å². The number of rotatable bonds is 7. The van der Waals surface area contributed by atoms with Gasteiger partial charge in [0, 0.05) is 26.2 Å². The zero-order valence-electron chi connectivity index (χ0n) is 21.1. The number of nitrogens with zero attached hydrogens (tertiary/aromatic N) is 2. The maximum Gasteiger partial charge on any atom is 0.419 e. The smallest absolute Gasteiger partial charge is 0.349 e. The normalized spacial score (nSPS) is 17.6. The van der Waals surface area contributed by atoms with Crippen molar-refractivity contribution in [3.05, 3.63) is 106 Å². The number of likely N-dealkylation sites (tertiary alicyclic amines) is 2. The number of carbonyl (C=O) groups excluding carboxylic acids is 2. The SMILES string of the molecule is O=C(CN1CCC(c2ccc(F)cc2)(c2ccc(F)cc2)C1=O)NC1CN(Cc2ccc(C(F)(F)F)c(F)c2)C1. The van der Waals surface area contributed by atoms with Crippen LogP contribution in [-0.2, 0) is 27.7 Å². The summed E-state index contributed by atoms with van der Waals surface area (Å²) in [6.07, 6.45) is -4.44. The van der Waals surface area contributed by atoms with E-state index in [9.17, 15) is 35.9 Å². The molecule has 2 aliphatic rings. The van der Waals surface area contributed by atoms with Crippen molar-refractivity contribution >= 4 is 11.8 Å². The van der Waals surface area contributed by atoms with Gasteiger partial charge in [-0.2, -0.15) is 13.2 Å². The third-order valence-corrected chi connectivity index (χ3v) is 7.48. The van der Waals surface area contributed by atoms with Crippen molar-refractivity contribution in [3.8, 4) is 0 Å². The highest BCUT2D eigenvalue weighted by Gasteiger charge is 2.49. The summed E-state index contributed by atoms with van der Waals surface area (Å²) >= 11 is 0. The van der Waals surface area contributed by atoms with Crippen LogP contribution in [0.4, 0.5) is 26.3 Å². The van der Waals surface area contributed by atoms with Gasteiger partial charge in [0.2, 0.25) is 11.8 Å². The van der Waals surface area contributed by atoms with E-state index in [1.165, 1.54) is 59.5 Å². The number of halogens is 6. The number of amides is 2. The standard InChI is InChI=1S/C29H25F6N3O2/c30-21-6-2-19(3-7-21)28(20-4-8-22(31)9-5-20)11-12-38(27(28)40)17-26(39)36-23-15-37(16-23)14-18-1-10-24(25(32)13-18)29(33,34)35/h1-10,13,23H,11-12,14-17H2,(H,36,39). The number of hydrogen-bond donors (Lipinski definition) is 1. The van der Waals surface area contributed by atoms with E-state index in [1.807, 2.05) is 4.90 Å². The molecule has 11 heteroatoms. The van der Waals surface area contributed by atoms with Crippen LogP contribution in [0.1, 0.15) is 28.7 Å². The maximum atomic E-state index is 13.8. The quantitative estimate of drug-likeness (QED) is 0.428. The second-order valence-electron chi connectivity index (χ2n) is 10.2. The van der Waals surface area contributed by atoms with Gasteiger partial charge in [-0.1, -0.05) is 30.3 Å². The summed E-state index contributed by atoms with van der Waals surface area (Å²) in [7, 11) is 0. The Morgan fingerprint density at radius 2 is 1.48 bits per heavy atom. The molecule has 1 N–H and O–H groups in total. The molecule has 2 fully saturated rings. The lowest BCUT2D eigenvalue weighted by molar-refractivity contribution is -0.140. The average Bonchev–Trinajstić information content (AvgIpc) is 3.19. The summed E-state index contributed by atoms with van der Waals surface area (Å²) in [6, 6.07) is 13.7. The lowest BCUT2D eigenvalue weighted by atomic mass is 9.73. The summed E-state index contributed by atoms with van der Waals surface area (Å²) in [5.41, 5.74) is -1.03. The summed E-state index contributed by atoms with van der Waals surface area (Å²) in [5.74, 6) is -2.98. The highest BCUT2D eigenvalue weighted by atomic mass is 19.4. The van der Waals surface area contributed by atoms with Crippen LogP contribution < -0.4 is 5.32 Å². The van der Waals surface area contributed by atoms with E-state index in [0.29, 0.717) is 42.3 Å². The molecule has 210 valence electrons. The summed E-state index contributed by atoms with van der Waals surface area (Å²) in [6.45, 7) is 1.11. The minimum atomic E-state index is -4.76. The lowest BCUT2D eigenvalue weighted by Crippen LogP contribution is -2.59. The number of nitrogens with one attached hydrogen (secondary N) is 1. The summed E-state index contributed by atoms with van der Waals surface area (Å²) < 4.78 is 79.4. The average molecular weight is 562 g/mol. The second-order valence-corrected chi connectivity index (χ2v) is 10.2.